The molecule has 1 aliphatic rings. The first kappa shape index (κ1) is 57.3. The number of hydrogen-bond donors (Lipinski definition) is 6. The number of hydrogen-bond acceptors (Lipinski definition) is 8. The summed E-state index contributed by atoms with van der Waals surface area (Å²) in [7, 11) is 0. The molecule has 1 fully saturated rings. The smallest absolute Gasteiger partial charge is 0.220 e. The maximum Gasteiger partial charge on any atom is 0.220 e. The van der Waals surface area contributed by atoms with Gasteiger partial charge in [-0.25, -0.2) is 0 Å². The zero-order valence-corrected chi connectivity index (χ0v) is 38.8. The fraction of sp³-hybridized carbons (Fsp3) is 0.574. The molecule has 7 atom stereocenters. The Balaban J connectivity index is 2.11. The Kier molecular flexibility index (Phi) is 38.5. The van der Waals surface area contributed by atoms with Gasteiger partial charge < -0.3 is 40.3 Å². The molecule has 1 amide bonds. The molecule has 1 saturated heterocycles. The van der Waals surface area contributed by atoms with Crippen LogP contribution in [-0.4, -0.2) is 87.5 Å². The molecule has 0 bridgehead atoms. The molecular formula is C54H85NO8. The first-order valence-electron chi connectivity index (χ1n) is 23.9. The van der Waals surface area contributed by atoms with Crippen molar-refractivity contribution < 1.29 is 39.8 Å². The van der Waals surface area contributed by atoms with Crippen molar-refractivity contribution in [1.29, 1.82) is 0 Å². The van der Waals surface area contributed by atoms with Crippen molar-refractivity contribution in [2.45, 2.75) is 185 Å². The van der Waals surface area contributed by atoms with E-state index in [1.54, 1.807) is 0 Å². The average molecular weight is 876 g/mol. The predicted molar refractivity (Wildman–Crippen MR) is 262 cm³/mol. The van der Waals surface area contributed by atoms with Gasteiger partial charge in [0.15, 0.2) is 6.29 Å². The maximum atomic E-state index is 12.8. The third-order valence-electron chi connectivity index (χ3n) is 10.3. The fourth-order valence-corrected chi connectivity index (χ4v) is 6.46. The first-order valence-corrected chi connectivity index (χ1v) is 23.9. The molecule has 0 aromatic rings. The second-order valence-electron chi connectivity index (χ2n) is 15.8. The number of aliphatic hydroxyl groups excluding tert-OH is 5. The number of rotatable bonds is 37. The Morgan fingerprint density at radius 3 is 1.40 bits per heavy atom. The summed E-state index contributed by atoms with van der Waals surface area (Å²) in [4.78, 5) is 12.8. The minimum absolute atomic E-state index is 0.166. The van der Waals surface area contributed by atoms with Gasteiger partial charge in [0.2, 0.25) is 5.91 Å². The van der Waals surface area contributed by atoms with Crippen LogP contribution in [0.3, 0.4) is 0 Å². The molecule has 354 valence electrons. The van der Waals surface area contributed by atoms with Crippen molar-refractivity contribution in [3.05, 3.63) is 134 Å². The average Bonchev–Trinajstić information content (AvgIpc) is 3.28. The standard InChI is InChI=1S/C54H85NO8/c1-3-5-7-8-9-10-11-12-13-14-15-16-17-18-19-20-21-22-23-24-25-26-27-28-29-30-31-32-33-34-35-36-37-38-39-40-42-44-50(58)55-47(48(57)43-41-6-4-2)46-62-54-53(61)52(60)51(59)49(45-56)63-54/h5,7,9-10,12-13,15-16,18-19,21-22,24-25,27-28,30-31,33-34,36-37,47-49,51-54,56-57,59-61H,3-4,6,8,11,14,17,20,23,26,29,32,35,38-46H2,1-2H3,(H,55,58)/b7-5-,10-9-,13-12-,16-15-,19-18-,22-21-,25-24-,28-27-,31-30-,34-33-,37-36-. The highest BCUT2D eigenvalue weighted by Crippen LogP contribution is 2.22. The van der Waals surface area contributed by atoms with E-state index in [4.69, 9.17) is 9.47 Å². The van der Waals surface area contributed by atoms with Crippen LogP contribution >= 0.6 is 0 Å². The SMILES string of the molecule is CC/C=C\C/C=C\C/C=C\C/C=C\C/C=C\C/C=C\C/C=C\C/C=C\C/C=C\C/C=C\C/C=C\CCCCCC(=O)NC(COC1OC(CO)C(O)C(O)C1O)C(O)CCCCC. The van der Waals surface area contributed by atoms with Crippen LogP contribution in [0.4, 0.5) is 0 Å². The van der Waals surface area contributed by atoms with Gasteiger partial charge in [-0.3, -0.25) is 4.79 Å². The van der Waals surface area contributed by atoms with E-state index in [9.17, 15) is 30.3 Å². The van der Waals surface area contributed by atoms with E-state index in [-0.39, 0.29) is 12.5 Å². The molecule has 1 heterocycles. The molecular weight excluding hydrogens is 791 g/mol. The molecule has 0 aromatic carbocycles. The molecule has 0 aliphatic carbocycles. The summed E-state index contributed by atoms with van der Waals surface area (Å²) < 4.78 is 11.1. The van der Waals surface area contributed by atoms with Crippen molar-refractivity contribution in [2.24, 2.45) is 0 Å². The Morgan fingerprint density at radius 1 is 0.556 bits per heavy atom. The molecule has 1 rings (SSSR count). The summed E-state index contributed by atoms with van der Waals surface area (Å²) >= 11 is 0. The van der Waals surface area contributed by atoms with Crippen molar-refractivity contribution in [2.75, 3.05) is 13.2 Å². The van der Waals surface area contributed by atoms with E-state index in [1.807, 2.05) is 0 Å². The van der Waals surface area contributed by atoms with Gasteiger partial charge in [0.05, 0.1) is 25.4 Å². The van der Waals surface area contributed by atoms with E-state index < -0.39 is 49.5 Å². The van der Waals surface area contributed by atoms with Crippen LogP contribution in [0.2, 0.25) is 0 Å². The number of carbonyl (C=O) groups excluding carboxylic acids is 1. The third kappa shape index (κ3) is 32.6. The normalized spacial score (nSPS) is 21.4. The summed E-state index contributed by atoms with van der Waals surface area (Å²) in [5, 5.41) is 53.5. The Bertz CT molecular complexity index is 1430. The molecule has 63 heavy (non-hydrogen) atoms. The highest BCUT2D eigenvalue weighted by atomic mass is 16.7. The zero-order valence-electron chi connectivity index (χ0n) is 38.8. The lowest BCUT2D eigenvalue weighted by Gasteiger charge is -2.40. The number of nitrogens with one attached hydrogen (secondary N) is 1. The Labute approximate surface area is 381 Å². The second-order valence-corrected chi connectivity index (χ2v) is 15.8. The van der Waals surface area contributed by atoms with Gasteiger partial charge in [-0.05, 0) is 96.3 Å². The van der Waals surface area contributed by atoms with Crippen molar-refractivity contribution in [1.82, 2.24) is 5.32 Å². The summed E-state index contributed by atoms with van der Waals surface area (Å²) in [6.07, 6.45) is 58.6. The molecule has 7 unspecified atom stereocenters. The minimum Gasteiger partial charge on any atom is -0.394 e. The van der Waals surface area contributed by atoms with E-state index in [0.29, 0.717) is 12.8 Å². The van der Waals surface area contributed by atoms with Gasteiger partial charge in [-0.2, -0.15) is 0 Å². The summed E-state index contributed by atoms with van der Waals surface area (Å²) in [6, 6.07) is -0.742. The topological polar surface area (TPSA) is 149 Å². The van der Waals surface area contributed by atoms with Crippen LogP contribution in [-0.2, 0) is 14.3 Å². The van der Waals surface area contributed by atoms with Gasteiger partial charge >= 0.3 is 0 Å². The quantitative estimate of drug-likeness (QED) is 0.0267. The van der Waals surface area contributed by atoms with Gasteiger partial charge in [-0.1, -0.05) is 173 Å². The van der Waals surface area contributed by atoms with Gasteiger partial charge in [0.25, 0.3) is 0 Å². The molecule has 0 radical (unpaired) electrons. The minimum atomic E-state index is -1.56. The molecule has 1 aliphatic heterocycles. The molecule has 0 aromatic heterocycles. The third-order valence-corrected chi connectivity index (χ3v) is 10.3. The van der Waals surface area contributed by atoms with Crippen LogP contribution in [0.5, 0.6) is 0 Å². The van der Waals surface area contributed by atoms with E-state index in [0.717, 1.165) is 116 Å². The van der Waals surface area contributed by atoms with Gasteiger partial charge in [0.1, 0.15) is 24.4 Å². The lowest BCUT2D eigenvalue weighted by Crippen LogP contribution is -2.60. The number of carbonyl (C=O) groups is 1. The van der Waals surface area contributed by atoms with Crippen LogP contribution in [0.15, 0.2) is 134 Å². The number of allylic oxidation sites excluding steroid dienone is 22. The summed E-state index contributed by atoms with van der Waals surface area (Å²) in [6.45, 7) is 3.49. The monoisotopic (exact) mass is 876 g/mol. The number of unbranched alkanes of at least 4 members (excludes halogenated alkanes) is 5. The number of ether oxygens (including phenoxy) is 2. The van der Waals surface area contributed by atoms with E-state index in [2.05, 4.69) is 153 Å². The molecule has 9 nitrogen and oxygen atoms in total. The predicted octanol–water partition coefficient (Wildman–Crippen LogP) is 10.6. The first-order chi connectivity index (χ1) is 30.8. The van der Waals surface area contributed by atoms with Crippen LogP contribution in [0, 0.1) is 0 Å². The Morgan fingerprint density at radius 2 is 0.984 bits per heavy atom. The number of aliphatic hydroxyl groups is 5. The van der Waals surface area contributed by atoms with Crippen LogP contribution in [0.25, 0.3) is 0 Å². The van der Waals surface area contributed by atoms with Gasteiger partial charge in [0, 0.05) is 6.42 Å². The highest BCUT2D eigenvalue weighted by Gasteiger charge is 2.44. The van der Waals surface area contributed by atoms with Crippen molar-refractivity contribution >= 4 is 5.91 Å². The maximum absolute atomic E-state index is 12.8. The fourth-order valence-electron chi connectivity index (χ4n) is 6.46. The van der Waals surface area contributed by atoms with Crippen LogP contribution in [0.1, 0.15) is 142 Å². The largest absolute Gasteiger partial charge is 0.394 e. The van der Waals surface area contributed by atoms with E-state index in [1.165, 1.54) is 0 Å². The number of amides is 1. The Hall–Kier alpha value is -3.67. The van der Waals surface area contributed by atoms with Crippen molar-refractivity contribution in [3.63, 3.8) is 0 Å². The van der Waals surface area contributed by atoms with Crippen LogP contribution < -0.4 is 5.32 Å². The van der Waals surface area contributed by atoms with E-state index >= 15 is 0 Å². The molecule has 0 saturated carbocycles. The lowest BCUT2D eigenvalue weighted by atomic mass is 9.99. The molecule has 9 heteroatoms. The summed E-state index contributed by atoms with van der Waals surface area (Å²) in [5.74, 6) is -0.196. The zero-order chi connectivity index (χ0) is 45.9. The van der Waals surface area contributed by atoms with Crippen molar-refractivity contribution in [3.8, 4) is 0 Å². The summed E-state index contributed by atoms with van der Waals surface area (Å²) in [5.41, 5.74) is 0. The second kappa shape index (κ2) is 42.3. The lowest BCUT2D eigenvalue weighted by molar-refractivity contribution is -0.302. The molecule has 0 spiro atoms. The van der Waals surface area contributed by atoms with Gasteiger partial charge in [-0.15, -0.1) is 0 Å². The molecule has 6 N–H and O–H groups in total. The highest BCUT2D eigenvalue weighted by molar-refractivity contribution is 5.76.